The first-order valence-corrected chi connectivity index (χ1v) is 5.49. The number of aromatic nitrogens is 4. The summed E-state index contributed by atoms with van der Waals surface area (Å²) in [5.41, 5.74) is 1.90. The number of anilines is 1. The lowest BCUT2D eigenvalue weighted by Gasteiger charge is -2.10. The van der Waals surface area contributed by atoms with E-state index < -0.39 is 0 Å². The third kappa shape index (κ3) is 2.08. The molecule has 90 valence electrons. The van der Waals surface area contributed by atoms with Gasteiger partial charge in [0, 0.05) is 0 Å². The van der Waals surface area contributed by atoms with E-state index in [1.165, 1.54) is 12.7 Å². The SMILES string of the molecule is c1ccc(-n2cncn2)c(NCc2cnco2)c1. The van der Waals surface area contributed by atoms with Crippen LogP contribution < -0.4 is 5.32 Å². The Balaban J connectivity index is 1.84. The van der Waals surface area contributed by atoms with Crippen molar-refractivity contribution in [3.63, 3.8) is 0 Å². The van der Waals surface area contributed by atoms with Crippen LogP contribution in [0.25, 0.3) is 5.69 Å². The van der Waals surface area contributed by atoms with E-state index in [2.05, 4.69) is 20.4 Å². The topological polar surface area (TPSA) is 68.8 Å². The standard InChI is InChI=1S/C12H11N5O/c1-2-4-12(17-8-14-7-16-17)11(3-1)15-6-10-5-13-9-18-10/h1-5,7-9,15H,6H2. The van der Waals surface area contributed by atoms with Gasteiger partial charge in [0.05, 0.1) is 24.1 Å². The van der Waals surface area contributed by atoms with Crippen molar-refractivity contribution in [3.8, 4) is 5.69 Å². The van der Waals surface area contributed by atoms with E-state index in [0.29, 0.717) is 6.54 Å². The molecular formula is C12H11N5O. The van der Waals surface area contributed by atoms with Crippen LogP contribution in [0.15, 0.2) is 53.9 Å². The first kappa shape index (κ1) is 10.5. The molecule has 2 heterocycles. The smallest absolute Gasteiger partial charge is 0.180 e. The molecule has 0 radical (unpaired) electrons. The molecular weight excluding hydrogens is 230 g/mol. The molecule has 0 spiro atoms. The Morgan fingerprint density at radius 2 is 2.17 bits per heavy atom. The van der Waals surface area contributed by atoms with Crippen LogP contribution >= 0.6 is 0 Å². The first-order valence-electron chi connectivity index (χ1n) is 5.49. The van der Waals surface area contributed by atoms with Crippen molar-refractivity contribution in [1.29, 1.82) is 0 Å². The Morgan fingerprint density at radius 1 is 1.22 bits per heavy atom. The van der Waals surface area contributed by atoms with Crippen molar-refractivity contribution in [1.82, 2.24) is 19.7 Å². The summed E-state index contributed by atoms with van der Waals surface area (Å²) < 4.78 is 6.89. The van der Waals surface area contributed by atoms with Gasteiger partial charge < -0.3 is 9.73 Å². The van der Waals surface area contributed by atoms with Crippen LogP contribution in [0.5, 0.6) is 0 Å². The molecule has 0 bridgehead atoms. The summed E-state index contributed by atoms with van der Waals surface area (Å²) in [6.45, 7) is 0.575. The van der Waals surface area contributed by atoms with E-state index >= 15 is 0 Å². The van der Waals surface area contributed by atoms with Crippen molar-refractivity contribution in [2.75, 3.05) is 5.32 Å². The molecule has 0 fully saturated rings. The van der Waals surface area contributed by atoms with Crippen LogP contribution in [0.4, 0.5) is 5.69 Å². The fraction of sp³-hybridized carbons (Fsp3) is 0.0833. The molecule has 2 aromatic heterocycles. The van der Waals surface area contributed by atoms with Gasteiger partial charge in [0.25, 0.3) is 0 Å². The number of rotatable bonds is 4. The van der Waals surface area contributed by atoms with Gasteiger partial charge >= 0.3 is 0 Å². The third-order valence-electron chi connectivity index (χ3n) is 2.51. The van der Waals surface area contributed by atoms with Gasteiger partial charge in [0.1, 0.15) is 18.4 Å². The Kier molecular flexibility index (Phi) is 2.75. The summed E-state index contributed by atoms with van der Waals surface area (Å²) >= 11 is 0. The van der Waals surface area contributed by atoms with Gasteiger partial charge in [0.2, 0.25) is 0 Å². The summed E-state index contributed by atoms with van der Waals surface area (Å²) in [6.07, 6.45) is 6.27. The van der Waals surface area contributed by atoms with Crippen molar-refractivity contribution < 1.29 is 4.42 Å². The van der Waals surface area contributed by atoms with Crippen molar-refractivity contribution in [2.24, 2.45) is 0 Å². The van der Waals surface area contributed by atoms with Crippen LogP contribution in [0.2, 0.25) is 0 Å². The zero-order valence-corrected chi connectivity index (χ0v) is 9.52. The minimum Gasteiger partial charge on any atom is -0.447 e. The minimum absolute atomic E-state index is 0.575. The minimum atomic E-state index is 0.575. The molecule has 0 atom stereocenters. The summed E-state index contributed by atoms with van der Waals surface area (Å²) in [6, 6.07) is 7.87. The van der Waals surface area contributed by atoms with Crippen LogP contribution in [-0.4, -0.2) is 19.7 Å². The highest BCUT2D eigenvalue weighted by atomic mass is 16.3. The van der Waals surface area contributed by atoms with Crippen LogP contribution in [0, 0.1) is 0 Å². The van der Waals surface area contributed by atoms with Crippen LogP contribution in [0.1, 0.15) is 5.76 Å². The van der Waals surface area contributed by atoms with E-state index in [9.17, 15) is 0 Å². The van der Waals surface area contributed by atoms with Gasteiger partial charge in [-0.25, -0.2) is 14.6 Å². The highest BCUT2D eigenvalue weighted by Crippen LogP contribution is 2.19. The van der Waals surface area contributed by atoms with Crippen LogP contribution in [-0.2, 0) is 6.54 Å². The van der Waals surface area contributed by atoms with E-state index in [0.717, 1.165) is 17.1 Å². The summed E-state index contributed by atoms with van der Waals surface area (Å²) in [5.74, 6) is 0.781. The maximum Gasteiger partial charge on any atom is 0.180 e. The number of nitrogens with one attached hydrogen (secondary N) is 1. The summed E-state index contributed by atoms with van der Waals surface area (Å²) in [5, 5.41) is 7.40. The number of nitrogens with zero attached hydrogens (tertiary/aromatic N) is 4. The molecule has 18 heavy (non-hydrogen) atoms. The average molecular weight is 241 g/mol. The monoisotopic (exact) mass is 241 g/mol. The molecule has 0 saturated carbocycles. The molecule has 3 aromatic rings. The summed E-state index contributed by atoms with van der Waals surface area (Å²) in [4.78, 5) is 7.82. The lowest BCUT2D eigenvalue weighted by molar-refractivity contribution is 0.511. The molecule has 3 rings (SSSR count). The van der Waals surface area contributed by atoms with Gasteiger partial charge in [-0.2, -0.15) is 5.10 Å². The maximum absolute atomic E-state index is 5.18. The fourth-order valence-corrected chi connectivity index (χ4v) is 1.67. The quantitative estimate of drug-likeness (QED) is 0.755. The Hall–Kier alpha value is -2.63. The van der Waals surface area contributed by atoms with E-state index in [4.69, 9.17) is 4.42 Å². The number of para-hydroxylation sites is 2. The lowest BCUT2D eigenvalue weighted by atomic mass is 10.2. The van der Waals surface area contributed by atoms with Gasteiger partial charge in [-0.05, 0) is 12.1 Å². The Labute approximate surface area is 103 Å². The number of hydrogen-bond donors (Lipinski definition) is 1. The van der Waals surface area contributed by atoms with E-state index in [-0.39, 0.29) is 0 Å². The van der Waals surface area contributed by atoms with Crippen molar-refractivity contribution in [2.45, 2.75) is 6.54 Å². The van der Waals surface area contributed by atoms with E-state index in [1.54, 1.807) is 17.2 Å². The summed E-state index contributed by atoms with van der Waals surface area (Å²) in [7, 11) is 0. The van der Waals surface area contributed by atoms with Crippen molar-refractivity contribution in [3.05, 3.63) is 55.3 Å². The number of hydrogen-bond acceptors (Lipinski definition) is 5. The number of benzene rings is 1. The molecule has 0 aliphatic rings. The van der Waals surface area contributed by atoms with Gasteiger partial charge in [-0.3, -0.25) is 0 Å². The second-order valence-electron chi connectivity index (χ2n) is 3.68. The molecule has 0 saturated heterocycles. The zero-order chi connectivity index (χ0) is 12.2. The molecule has 0 amide bonds. The fourth-order valence-electron chi connectivity index (χ4n) is 1.67. The normalized spacial score (nSPS) is 10.4. The van der Waals surface area contributed by atoms with Crippen LogP contribution in [0.3, 0.4) is 0 Å². The largest absolute Gasteiger partial charge is 0.447 e. The maximum atomic E-state index is 5.18. The van der Waals surface area contributed by atoms with Gasteiger partial charge in [0.15, 0.2) is 6.39 Å². The second-order valence-corrected chi connectivity index (χ2v) is 3.68. The Morgan fingerprint density at radius 3 is 2.94 bits per heavy atom. The average Bonchev–Trinajstić information content (AvgIpc) is 3.10. The molecule has 0 aliphatic carbocycles. The predicted molar refractivity (Wildman–Crippen MR) is 65.2 cm³/mol. The molecule has 6 nitrogen and oxygen atoms in total. The predicted octanol–water partition coefficient (Wildman–Crippen LogP) is 1.87. The second kappa shape index (κ2) is 4.70. The third-order valence-corrected chi connectivity index (χ3v) is 2.51. The molecule has 0 aliphatic heterocycles. The Bertz CT molecular complexity index is 603. The highest BCUT2D eigenvalue weighted by Gasteiger charge is 2.04. The first-order chi connectivity index (χ1) is 8.93. The molecule has 1 N–H and O–H groups in total. The van der Waals surface area contributed by atoms with Gasteiger partial charge in [-0.1, -0.05) is 12.1 Å². The molecule has 1 aromatic carbocycles. The zero-order valence-electron chi connectivity index (χ0n) is 9.52. The van der Waals surface area contributed by atoms with E-state index in [1.807, 2.05) is 24.3 Å². The van der Waals surface area contributed by atoms with Gasteiger partial charge in [-0.15, -0.1) is 0 Å². The number of oxazole rings is 1. The lowest BCUT2D eigenvalue weighted by Crippen LogP contribution is -2.04. The molecule has 0 unspecified atom stereocenters. The molecule has 6 heteroatoms. The highest BCUT2D eigenvalue weighted by molar-refractivity contribution is 5.60. The van der Waals surface area contributed by atoms with Crippen molar-refractivity contribution >= 4 is 5.69 Å².